The average molecular weight is 286 g/mol. The van der Waals surface area contributed by atoms with Crippen molar-refractivity contribution in [3.63, 3.8) is 0 Å². The van der Waals surface area contributed by atoms with Crippen molar-refractivity contribution in [2.24, 2.45) is 0 Å². The molecular weight excluding hydrogens is 264 g/mol. The summed E-state index contributed by atoms with van der Waals surface area (Å²) in [6, 6.07) is 2.23. The number of hydrogen-bond donors (Lipinski definition) is 0. The average Bonchev–Trinajstić information content (AvgIpc) is 2.85. The Bertz CT molecular complexity index is 445. The quantitative estimate of drug-likeness (QED) is 0.720. The molecule has 0 aliphatic heterocycles. The van der Waals surface area contributed by atoms with Gasteiger partial charge in [0.2, 0.25) is 0 Å². The molecule has 6 heteroatoms. The summed E-state index contributed by atoms with van der Waals surface area (Å²) in [7, 11) is 0.223. The Kier molecular flexibility index (Phi) is 6.21. The van der Waals surface area contributed by atoms with Gasteiger partial charge in [-0.05, 0) is 19.4 Å². The van der Waals surface area contributed by atoms with Gasteiger partial charge < -0.3 is 4.74 Å². The van der Waals surface area contributed by atoms with Gasteiger partial charge in [0.1, 0.15) is 0 Å². The van der Waals surface area contributed by atoms with Crippen LogP contribution in [-0.2, 0) is 26.1 Å². The molecule has 0 radical (unpaired) electrons. The third-order valence-electron chi connectivity index (χ3n) is 3.13. The smallest absolute Gasteiger partial charge is 0.306 e. The SMILES string of the molecule is CCC(C)n1ccc(CS(=O)C(C)CC(=O)OC)n1. The van der Waals surface area contributed by atoms with E-state index in [0.29, 0.717) is 11.8 Å². The lowest BCUT2D eigenvalue weighted by molar-refractivity contribution is -0.140. The minimum atomic E-state index is -1.12. The van der Waals surface area contributed by atoms with E-state index in [-0.39, 0.29) is 17.6 Å². The largest absolute Gasteiger partial charge is 0.469 e. The van der Waals surface area contributed by atoms with Crippen molar-refractivity contribution in [3.05, 3.63) is 18.0 Å². The molecule has 0 fully saturated rings. The maximum atomic E-state index is 12.1. The molecule has 3 unspecified atom stereocenters. The lowest BCUT2D eigenvalue weighted by Gasteiger charge is -2.10. The van der Waals surface area contributed by atoms with Crippen molar-refractivity contribution < 1.29 is 13.7 Å². The minimum Gasteiger partial charge on any atom is -0.469 e. The van der Waals surface area contributed by atoms with Crippen molar-refractivity contribution in [1.29, 1.82) is 0 Å². The highest BCUT2D eigenvalue weighted by molar-refractivity contribution is 7.84. The van der Waals surface area contributed by atoms with Gasteiger partial charge >= 0.3 is 5.97 Å². The molecule has 0 aliphatic rings. The third kappa shape index (κ3) is 4.78. The number of methoxy groups -OCH3 is 1. The van der Waals surface area contributed by atoms with Crippen LogP contribution in [0.5, 0.6) is 0 Å². The number of hydrogen-bond acceptors (Lipinski definition) is 4. The van der Waals surface area contributed by atoms with Gasteiger partial charge in [0.05, 0.1) is 25.0 Å². The van der Waals surface area contributed by atoms with Crippen LogP contribution >= 0.6 is 0 Å². The second-order valence-electron chi connectivity index (χ2n) is 4.66. The number of nitrogens with zero attached hydrogens (tertiary/aromatic N) is 2. The van der Waals surface area contributed by atoms with Gasteiger partial charge in [-0.3, -0.25) is 13.7 Å². The molecule has 1 rings (SSSR count). The number of carbonyl (C=O) groups is 1. The molecule has 1 aromatic heterocycles. The van der Waals surface area contributed by atoms with E-state index < -0.39 is 10.8 Å². The van der Waals surface area contributed by atoms with Gasteiger partial charge in [-0.15, -0.1) is 0 Å². The van der Waals surface area contributed by atoms with Crippen LogP contribution in [0, 0.1) is 0 Å². The van der Waals surface area contributed by atoms with Gasteiger partial charge in [0.25, 0.3) is 0 Å². The van der Waals surface area contributed by atoms with Crippen molar-refractivity contribution in [3.8, 4) is 0 Å². The number of aromatic nitrogens is 2. The summed E-state index contributed by atoms with van der Waals surface area (Å²) in [5, 5.41) is 4.19. The lowest BCUT2D eigenvalue weighted by atomic mass is 10.3. The number of esters is 1. The molecule has 0 N–H and O–H groups in total. The Morgan fingerprint density at radius 3 is 2.79 bits per heavy atom. The molecule has 0 aromatic carbocycles. The molecule has 19 heavy (non-hydrogen) atoms. The maximum absolute atomic E-state index is 12.1. The minimum absolute atomic E-state index is 0.176. The maximum Gasteiger partial charge on any atom is 0.306 e. The highest BCUT2D eigenvalue weighted by Gasteiger charge is 2.17. The molecule has 0 amide bonds. The van der Waals surface area contributed by atoms with Crippen LogP contribution in [-0.4, -0.2) is 32.3 Å². The molecule has 0 saturated heterocycles. The summed E-state index contributed by atoms with van der Waals surface area (Å²) >= 11 is 0. The van der Waals surface area contributed by atoms with Gasteiger partial charge in [-0.2, -0.15) is 5.10 Å². The Morgan fingerprint density at radius 1 is 1.53 bits per heavy atom. The van der Waals surface area contributed by atoms with Gasteiger partial charge in [0, 0.05) is 28.3 Å². The first-order valence-corrected chi connectivity index (χ1v) is 7.84. The lowest BCUT2D eigenvalue weighted by Crippen LogP contribution is -2.18. The second-order valence-corrected chi connectivity index (χ2v) is 6.52. The van der Waals surface area contributed by atoms with Gasteiger partial charge in [-0.1, -0.05) is 13.8 Å². The highest BCUT2D eigenvalue weighted by Crippen LogP contribution is 2.12. The van der Waals surface area contributed by atoms with Crippen molar-refractivity contribution in [1.82, 2.24) is 9.78 Å². The van der Waals surface area contributed by atoms with Gasteiger partial charge in [-0.25, -0.2) is 0 Å². The molecule has 1 aromatic rings. The molecule has 0 saturated carbocycles. The summed E-state index contributed by atoms with van der Waals surface area (Å²) < 4.78 is 18.5. The zero-order chi connectivity index (χ0) is 14.4. The van der Waals surface area contributed by atoms with Crippen molar-refractivity contribution >= 4 is 16.8 Å². The molecule has 0 aliphatic carbocycles. The van der Waals surface area contributed by atoms with E-state index in [4.69, 9.17) is 0 Å². The highest BCUT2D eigenvalue weighted by atomic mass is 32.2. The molecule has 0 spiro atoms. The normalized spacial score (nSPS) is 15.8. The summed E-state index contributed by atoms with van der Waals surface area (Å²) in [5.41, 5.74) is 0.801. The van der Waals surface area contributed by atoms with Gasteiger partial charge in [0.15, 0.2) is 0 Å². The first kappa shape index (κ1) is 15.9. The van der Waals surface area contributed by atoms with Crippen LogP contribution < -0.4 is 0 Å². The van der Waals surface area contributed by atoms with E-state index in [2.05, 4.69) is 23.7 Å². The van der Waals surface area contributed by atoms with E-state index >= 15 is 0 Å². The monoisotopic (exact) mass is 286 g/mol. The summed E-state index contributed by atoms with van der Waals surface area (Å²) in [4.78, 5) is 11.1. The summed E-state index contributed by atoms with van der Waals surface area (Å²) in [6.45, 7) is 5.98. The third-order valence-corrected chi connectivity index (χ3v) is 4.77. The number of rotatable bonds is 7. The second kappa shape index (κ2) is 7.43. The number of ether oxygens (including phenoxy) is 1. The fourth-order valence-electron chi connectivity index (χ4n) is 1.59. The van der Waals surface area contributed by atoms with Crippen molar-refractivity contribution in [2.75, 3.05) is 7.11 Å². The first-order valence-electron chi connectivity index (χ1n) is 6.45. The van der Waals surface area contributed by atoms with Crippen LogP contribution in [0.15, 0.2) is 12.3 Å². The summed E-state index contributed by atoms with van der Waals surface area (Å²) in [6.07, 6.45) is 3.09. The fourth-order valence-corrected chi connectivity index (χ4v) is 2.64. The van der Waals surface area contributed by atoms with E-state index in [1.807, 2.05) is 16.9 Å². The molecule has 0 bridgehead atoms. The zero-order valence-corrected chi connectivity index (χ0v) is 12.8. The van der Waals surface area contributed by atoms with E-state index in [1.165, 1.54) is 7.11 Å². The Hall–Kier alpha value is -1.17. The van der Waals surface area contributed by atoms with E-state index in [9.17, 15) is 9.00 Å². The van der Waals surface area contributed by atoms with Crippen LogP contribution in [0.4, 0.5) is 0 Å². The predicted molar refractivity (Wildman–Crippen MR) is 75.2 cm³/mol. The molecular formula is C13H22N2O3S. The summed E-state index contributed by atoms with van der Waals surface area (Å²) in [5.74, 6) is 0.0488. The first-order chi connectivity index (χ1) is 8.97. The predicted octanol–water partition coefficient (Wildman–Crippen LogP) is 2.05. The van der Waals surface area contributed by atoms with E-state index in [0.717, 1.165) is 12.1 Å². The Balaban J connectivity index is 2.57. The molecule has 1 heterocycles. The molecule has 3 atom stereocenters. The standard InChI is InChI=1S/C13H22N2O3S/c1-5-10(2)15-7-6-12(14-15)9-19(17)11(3)8-13(16)18-4/h6-7,10-11H,5,8-9H2,1-4H3. The van der Waals surface area contributed by atoms with Crippen LogP contribution in [0.2, 0.25) is 0 Å². The number of carbonyl (C=O) groups excluding carboxylic acids is 1. The van der Waals surface area contributed by atoms with Crippen molar-refractivity contribution in [2.45, 2.75) is 50.7 Å². The fraction of sp³-hybridized carbons (Fsp3) is 0.692. The van der Waals surface area contributed by atoms with Crippen LogP contribution in [0.25, 0.3) is 0 Å². The Labute approximate surface area is 116 Å². The Morgan fingerprint density at radius 2 is 2.21 bits per heavy atom. The molecule has 5 nitrogen and oxygen atoms in total. The van der Waals surface area contributed by atoms with Crippen LogP contribution in [0.1, 0.15) is 45.3 Å². The van der Waals surface area contributed by atoms with E-state index in [1.54, 1.807) is 6.92 Å². The zero-order valence-electron chi connectivity index (χ0n) is 12.0. The van der Waals surface area contributed by atoms with Crippen LogP contribution in [0.3, 0.4) is 0 Å². The molecule has 108 valence electrons. The topological polar surface area (TPSA) is 61.2 Å².